The van der Waals surface area contributed by atoms with Gasteiger partial charge in [0.1, 0.15) is 11.1 Å². The number of hydrogen-bond donors (Lipinski definition) is 2. The molecule has 2 aliphatic heterocycles. The number of nitrogens with one attached hydrogen (secondary N) is 1. The van der Waals surface area contributed by atoms with E-state index in [1.165, 1.54) is 10.4 Å². The third kappa shape index (κ3) is 5.24. The van der Waals surface area contributed by atoms with Crippen LogP contribution in [0.25, 0.3) is 0 Å². The Bertz CT molecular complexity index is 1180. The molecule has 0 saturated carbocycles. The van der Waals surface area contributed by atoms with E-state index >= 15 is 4.39 Å². The molecule has 1 atom stereocenters. The first-order valence-electron chi connectivity index (χ1n) is 11.7. The summed E-state index contributed by atoms with van der Waals surface area (Å²) in [5, 5.41) is 1.89. The van der Waals surface area contributed by atoms with Crippen molar-refractivity contribution >= 4 is 21.8 Å². The maximum atomic E-state index is 15.3. The number of ether oxygens (including phenoxy) is 1. The largest absolute Gasteiger partial charge is 0.381 e. The van der Waals surface area contributed by atoms with Crippen LogP contribution in [-0.2, 0) is 36.3 Å². The summed E-state index contributed by atoms with van der Waals surface area (Å²) >= 11 is 0. The van der Waals surface area contributed by atoms with Crippen LogP contribution in [0.3, 0.4) is 0 Å². The third-order valence-electron chi connectivity index (χ3n) is 6.92. The Morgan fingerprint density at radius 3 is 2.51 bits per heavy atom. The highest BCUT2D eigenvalue weighted by atomic mass is 32.2. The van der Waals surface area contributed by atoms with Gasteiger partial charge >= 0.3 is 0 Å². The van der Waals surface area contributed by atoms with Gasteiger partial charge in [-0.3, -0.25) is 9.59 Å². The minimum atomic E-state index is -3.66. The molecule has 0 unspecified atom stereocenters. The first-order valence-corrected chi connectivity index (χ1v) is 13.2. The van der Waals surface area contributed by atoms with Crippen LogP contribution in [0.5, 0.6) is 0 Å². The van der Waals surface area contributed by atoms with Gasteiger partial charge in [0, 0.05) is 31.9 Å². The molecule has 35 heavy (non-hydrogen) atoms. The van der Waals surface area contributed by atoms with Crippen molar-refractivity contribution in [3.8, 4) is 0 Å². The third-order valence-corrected chi connectivity index (χ3v) is 9.18. The Morgan fingerprint density at radius 1 is 1.14 bits per heavy atom. The molecule has 0 radical (unpaired) electrons. The molecule has 10 heteroatoms. The van der Waals surface area contributed by atoms with Gasteiger partial charge in [0.15, 0.2) is 0 Å². The number of amides is 2. The molecule has 4 rings (SSSR count). The van der Waals surface area contributed by atoms with Crippen LogP contribution < -0.4 is 11.1 Å². The maximum Gasteiger partial charge on any atom is 0.236 e. The number of hydrogen-bond acceptors (Lipinski definition) is 5. The van der Waals surface area contributed by atoms with Crippen LogP contribution in [0.2, 0.25) is 0 Å². The van der Waals surface area contributed by atoms with E-state index in [1.54, 1.807) is 24.3 Å². The molecule has 0 aliphatic carbocycles. The fourth-order valence-corrected chi connectivity index (χ4v) is 6.98. The second kappa shape index (κ2) is 10.4. The summed E-state index contributed by atoms with van der Waals surface area (Å²) in [6.45, 7) is 0.573. The lowest BCUT2D eigenvalue weighted by Crippen LogP contribution is -2.49. The maximum absolute atomic E-state index is 15.3. The molecule has 2 aliphatic rings. The molecule has 2 aromatic rings. The number of nitrogens with zero attached hydrogens (tertiary/aromatic N) is 1. The van der Waals surface area contributed by atoms with E-state index in [-0.39, 0.29) is 18.7 Å². The fourth-order valence-electron chi connectivity index (χ4n) is 4.95. The van der Waals surface area contributed by atoms with Crippen molar-refractivity contribution in [2.75, 3.05) is 26.3 Å². The first-order chi connectivity index (χ1) is 16.7. The molecule has 188 valence electrons. The predicted octanol–water partition coefficient (Wildman–Crippen LogP) is 2.14. The summed E-state index contributed by atoms with van der Waals surface area (Å²) in [6.07, 6.45) is 1.86. The van der Waals surface area contributed by atoms with Gasteiger partial charge in [-0.05, 0) is 42.9 Å². The molecular formula is C25H30FN3O5S. The van der Waals surface area contributed by atoms with Crippen molar-refractivity contribution in [2.45, 2.75) is 42.9 Å². The molecule has 2 aromatic carbocycles. The molecule has 0 spiro atoms. The van der Waals surface area contributed by atoms with Crippen molar-refractivity contribution in [2.24, 2.45) is 5.73 Å². The predicted molar refractivity (Wildman–Crippen MR) is 128 cm³/mol. The lowest BCUT2D eigenvalue weighted by molar-refractivity contribution is -0.132. The van der Waals surface area contributed by atoms with Crippen molar-refractivity contribution in [1.29, 1.82) is 0 Å². The van der Waals surface area contributed by atoms with E-state index in [9.17, 15) is 18.0 Å². The fraction of sp³-hybridized carbons (Fsp3) is 0.440. The van der Waals surface area contributed by atoms with Crippen LogP contribution in [-0.4, -0.2) is 50.8 Å². The van der Waals surface area contributed by atoms with Crippen LogP contribution in [0.1, 0.15) is 47.6 Å². The molecule has 0 bridgehead atoms. The molecule has 2 fully saturated rings. The van der Waals surface area contributed by atoms with E-state index in [2.05, 4.69) is 5.32 Å². The smallest absolute Gasteiger partial charge is 0.236 e. The average molecular weight is 504 g/mol. The van der Waals surface area contributed by atoms with Crippen LogP contribution in [0, 0.1) is 5.82 Å². The van der Waals surface area contributed by atoms with E-state index in [0.717, 1.165) is 5.56 Å². The van der Waals surface area contributed by atoms with Crippen molar-refractivity contribution in [3.05, 3.63) is 71.0 Å². The zero-order valence-corrected chi connectivity index (χ0v) is 20.2. The quantitative estimate of drug-likeness (QED) is 0.600. The Balaban J connectivity index is 1.57. The molecule has 8 nitrogen and oxygen atoms in total. The Labute approximate surface area is 204 Å². The monoisotopic (exact) mass is 503 g/mol. The highest BCUT2D eigenvalue weighted by Gasteiger charge is 2.42. The van der Waals surface area contributed by atoms with Crippen LogP contribution in [0.15, 0.2) is 48.5 Å². The van der Waals surface area contributed by atoms with Gasteiger partial charge in [-0.15, -0.1) is 0 Å². The number of nitrogens with two attached hydrogens (primary N) is 1. The molecular weight excluding hydrogens is 473 g/mol. The van der Waals surface area contributed by atoms with Crippen LogP contribution >= 0.6 is 0 Å². The van der Waals surface area contributed by atoms with E-state index in [1.807, 2.05) is 18.2 Å². The molecule has 3 N–H and O–H groups in total. The number of rotatable bonds is 7. The average Bonchev–Trinajstić information content (AvgIpc) is 2.85. The Morgan fingerprint density at radius 2 is 1.86 bits per heavy atom. The second-order valence-corrected chi connectivity index (χ2v) is 11.2. The van der Waals surface area contributed by atoms with Gasteiger partial charge in [0.25, 0.3) is 0 Å². The van der Waals surface area contributed by atoms with Crippen LogP contribution in [0.4, 0.5) is 4.39 Å². The minimum absolute atomic E-state index is 0.0816. The standard InChI is InChI=1S/C25H30FN3O5S/c26-21-15-20(25(10-13-34-14-11-25)24(31)28-16-23(27)30)9-8-19(21)17-29-12-4-7-22(35(29,32)33)18-5-2-1-3-6-18/h1-3,5-6,8-9,15,22H,4,7,10-14,16-17H2,(H2,27,30)(H,28,31)/t22-/m1/s1. The summed E-state index contributed by atoms with van der Waals surface area (Å²) in [6, 6.07) is 13.6. The second-order valence-electron chi connectivity index (χ2n) is 9.07. The SMILES string of the molecule is NC(=O)CNC(=O)C1(c2ccc(CN3CCC[C@H](c4ccccc4)S3(=O)=O)c(F)c2)CCOCC1. The molecule has 2 saturated heterocycles. The van der Waals surface area contributed by atoms with E-state index in [4.69, 9.17) is 10.5 Å². The van der Waals surface area contributed by atoms with Gasteiger partial charge in [-0.25, -0.2) is 12.8 Å². The van der Waals surface area contributed by atoms with Crippen molar-refractivity contribution in [3.63, 3.8) is 0 Å². The molecule has 2 heterocycles. The summed E-state index contributed by atoms with van der Waals surface area (Å²) in [7, 11) is -3.66. The molecule has 0 aromatic heterocycles. The lowest BCUT2D eigenvalue weighted by atomic mass is 9.73. The zero-order chi connectivity index (χ0) is 25.1. The summed E-state index contributed by atoms with van der Waals surface area (Å²) in [4.78, 5) is 24.2. The number of sulfonamides is 1. The topological polar surface area (TPSA) is 119 Å². The summed E-state index contributed by atoms with van der Waals surface area (Å²) in [5.74, 6) is -1.65. The van der Waals surface area contributed by atoms with E-state index < -0.39 is 38.3 Å². The van der Waals surface area contributed by atoms with Gasteiger partial charge < -0.3 is 15.8 Å². The minimum Gasteiger partial charge on any atom is -0.381 e. The number of carbonyl (C=O) groups excluding carboxylic acids is 2. The highest BCUT2D eigenvalue weighted by Crippen LogP contribution is 2.38. The normalized spacial score (nSPS) is 21.8. The van der Waals surface area contributed by atoms with Crippen molar-refractivity contribution in [1.82, 2.24) is 9.62 Å². The van der Waals surface area contributed by atoms with Crippen molar-refractivity contribution < 1.29 is 27.1 Å². The van der Waals surface area contributed by atoms with Gasteiger partial charge in [0.2, 0.25) is 21.8 Å². The first kappa shape index (κ1) is 25.3. The summed E-state index contributed by atoms with van der Waals surface area (Å²) in [5.41, 5.74) is 5.55. The number of carbonyl (C=O) groups is 2. The highest BCUT2D eigenvalue weighted by molar-refractivity contribution is 7.89. The van der Waals surface area contributed by atoms with Gasteiger partial charge in [0.05, 0.1) is 12.0 Å². The lowest BCUT2D eigenvalue weighted by Gasteiger charge is -2.36. The Kier molecular flexibility index (Phi) is 7.53. The summed E-state index contributed by atoms with van der Waals surface area (Å²) < 4.78 is 48.7. The zero-order valence-electron chi connectivity index (χ0n) is 19.4. The van der Waals surface area contributed by atoms with Gasteiger partial charge in [-0.1, -0.05) is 42.5 Å². The molecule has 2 amide bonds. The van der Waals surface area contributed by atoms with Gasteiger partial charge in [-0.2, -0.15) is 4.31 Å². The number of halogens is 1. The number of primary amides is 1. The number of benzene rings is 2. The Hall–Kier alpha value is -2.82. The van der Waals surface area contributed by atoms with E-state index in [0.29, 0.717) is 51.0 Å².